The molecule has 0 rings (SSSR count). The second-order valence-electron chi connectivity index (χ2n) is 1.90. The summed E-state index contributed by atoms with van der Waals surface area (Å²) in [5.74, 6) is 0. The minimum atomic E-state index is -0.564. The van der Waals surface area contributed by atoms with E-state index in [1.807, 2.05) is 12.2 Å². The number of alkyl halides is 2. The zero-order valence-corrected chi connectivity index (χ0v) is 8.94. The van der Waals surface area contributed by atoms with Crippen molar-refractivity contribution in [3.8, 4) is 6.07 Å². The van der Waals surface area contributed by atoms with Crippen molar-refractivity contribution in [2.24, 2.45) is 0 Å². The average molecular weight is 267 g/mol. The molecule has 0 aliphatic rings. The Morgan fingerprint density at radius 3 is 2.50 bits per heavy atom. The minimum Gasteiger partial charge on any atom is -0.196 e. The minimum absolute atomic E-state index is 0.564. The van der Waals surface area contributed by atoms with Crippen molar-refractivity contribution >= 4 is 31.9 Å². The first-order valence-corrected chi connectivity index (χ1v) is 4.65. The van der Waals surface area contributed by atoms with Gasteiger partial charge in [0.15, 0.2) is 3.23 Å². The fraction of sp³-hybridized carbons (Fsp3) is 0.571. The van der Waals surface area contributed by atoms with Gasteiger partial charge in [-0.3, -0.25) is 0 Å². The lowest BCUT2D eigenvalue weighted by Crippen LogP contribution is -2.04. The molecular formula is C7H9Br2N. The van der Waals surface area contributed by atoms with Gasteiger partial charge in [-0.15, -0.1) is 0 Å². The molecule has 56 valence electrons. The van der Waals surface area contributed by atoms with Gasteiger partial charge in [-0.05, 0) is 6.42 Å². The maximum atomic E-state index is 8.52. The van der Waals surface area contributed by atoms with Crippen molar-refractivity contribution in [1.29, 1.82) is 5.26 Å². The van der Waals surface area contributed by atoms with Crippen LogP contribution in [-0.2, 0) is 0 Å². The van der Waals surface area contributed by atoms with Gasteiger partial charge in [-0.2, -0.15) is 5.26 Å². The predicted octanol–water partition coefficient (Wildman–Crippen LogP) is 3.35. The van der Waals surface area contributed by atoms with Crippen LogP contribution in [0.2, 0.25) is 0 Å². The van der Waals surface area contributed by atoms with E-state index in [9.17, 15) is 0 Å². The third-order valence-corrected chi connectivity index (χ3v) is 1.94. The van der Waals surface area contributed by atoms with E-state index in [0.717, 1.165) is 6.42 Å². The number of nitrogens with zero attached hydrogens (tertiary/aromatic N) is 1. The number of halogens is 2. The van der Waals surface area contributed by atoms with Crippen LogP contribution >= 0.6 is 31.9 Å². The lowest BCUT2D eigenvalue weighted by Gasteiger charge is -2.05. The molecule has 0 atom stereocenters. The summed E-state index contributed by atoms with van der Waals surface area (Å²) in [4.78, 5) is 0. The summed E-state index contributed by atoms with van der Waals surface area (Å²) >= 11 is 6.43. The lowest BCUT2D eigenvalue weighted by atomic mass is 10.3. The first-order valence-electron chi connectivity index (χ1n) is 3.06. The van der Waals surface area contributed by atoms with Gasteiger partial charge < -0.3 is 0 Å². The fourth-order valence-corrected chi connectivity index (χ4v) is 0.817. The van der Waals surface area contributed by atoms with Crippen LogP contribution in [0.4, 0.5) is 0 Å². The standard InChI is InChI=1S/C7H9Br2N/c1-2-3-4-5-7(8,9)6-10/h3-4H,2,5H2,1H3. The Morgan fingerprint density at radius 2 is 2.10 bits per heavy atom. The number of nitriles is 1. The number of rotatable bonds is 3. The molecule has 0 unspecified atom stereocenters. The summed E-state index contributed by atoms with van der Waals surface area (Å²) in [6, 6.07) is 2.08. The van der Waals surface area contributed by atoms with Gasteiger partial charge in [-0.25, -0.2) is 0 Å². The smallest absolute Gasteiger partial charge is 0.169 e. The van der Waals surface area contributed by atoms with Crippen LogP contribution in [0.1, 0.15) is 19.8 Å². The third kappa shape index (κ3) is 5.01. The summed E-state index contributed by atoms with van der Waals surface area (Å²) in [7, 11) is 0. The predicted molar refractivity (Wildman–Crippen MR) is 50.2 cm³/mol. The molecule has 10 heavy (non-hydrogen) atoms. The van der Waals surface area contributed by atoms with Gasteiger partial charge in [0.25, 0.3) is 0 Å². The maximum Gasteiger partial charge on any atom is 0.169 e. The molecule has 0 saturated carbocycles. The zero-order chi connectivity index (χ0) is 8.04. The molecule has 0 saturated heterocycles. The molecule has 0 aromatic carbocycles. The monoisotopic (exact) mass is 265 g/mol. The summed E-state index contributed by atoms with van der Waals surface area (Å²) in [6.45, 7) is 2.06. The second kappa shape index (κ2) is 4.92. The molecule has 0 heterocycles. The van der Waals surface area contributed by atoms with E-state index in [4.69, 9.17) is 5.26 Å². The van der Waals surface area contributed by atoms with E-state index >= 15 is 0 Å². The second-order valence-corrected chi connectivity index (χ2v) is 5.67. The number of allylic oxidation sites excluding steroid dienone is 2. The van der Waals surface area contributed by atoms with Crippen molar-refractivity contribution in [3.05, 3.63) is 12.2 Å². The normalized spacial score (nSPS) is 11.8. The van der Waals surface area contributed by atoms with Gasteiger partial charge in [0.1, 0.15) is 0 Å². The van der Waals surface area contributed by atoms with Crippen molar-refractivity contribution in [1.82, 2.24) is 0 Å². The van der Waals surface area contributed by atoms with E-state index in [2.05, 4.69) is 44.9 Å². The molecule has 0 aliphatic heterocycles. The van der Waals surface area contributed by atoms with Gasteiger partial charge in [-0.1, -0.05) is 50.9 Å². The Balaban J connectivity index is 3.70. The van der Waals surface area contributed by atoms with Crippen LogP contribution in [0.25, 0.3) is 0 Å². The van der Waals surface area contributed by atoms with E-state index < -0.39 is 3.23 Å². The Kier molecular flexibility index (Phi) is 5.02. The van der Waals surface area contributed by atoms with Crippen LogP contribution in [-0.4, -0.2) is 3.23 Å². The van der Waals surface area contributed by atoms with Gasteiger partial charge in [0, 0.05) is 6.42 Å². The van der Waals surface area contributed by atoms with Crippen molar-refractivity contribution in [2.45, 2.75) is 23.0 Å². The largest absolute Gasteiger partial charge is 0.196 e. The SMILES string of the molecule is CCC=CCC(Br)(Br)C#N. The molecule has 0 fully saturated rings. The van der Waals surface area contributed by atoms with Crippen LogP contribution < -0.4 is 0 Å². The first kappa shape index (κ1) is 10.2. The van der Waals surface area contributed by atoms with E-state index in [-0.39, 0.29) is 0 Å². The highest BCUT2D eigenvalue weighted by Gasteiger charge is 2.18. The van der Waals surface area contributed by atoms with E-state index in [1.54, 1.807) is 0 Å². The van der Waals surface area contributed by atoms with Crippen LogP contribution in [0.3, 0.4) is 0 Å². The Morgan fingerprint density at radius 1 is 1.50 bits per heavy atom. The quantitative estimate of drug-likeness (QED) is 0.568. The van der Waals surface area contributed by atoms with Crippen LogP contribution in [0, 0.1) is 11.3 Å². The summed E-state index contributed by atoms with van der Waals surface area (Å²) in [5.41, 5.74) is 0. The molecule has 0 aromatic heterocycles. The van der Waals surface area contributed by atoms with Gasteiger partial charge in [0.2, 0.25) is 0 Å². The topological polar surface area (TPSA) is 23.8 Å². The Bertz CT molecular complexity index is 155. The molecule has 0 radical (unpaired) electrons. The highest BCUT2D eigenvalue weighted by molar-refractivity contribution is 9.25. The summed E-state index contributed by atoms with van der Waals surface area (Å²) < 4.78 is -0.564. The van der Waals surface area contributed by atoms with E-state index in [0.29, 0.717) is 6.42 Å². The number of hydrogen-bond acceptors (Lipinski definition) is 1. The molecule has 0 aromatic rings. The molecule has 1 nitrogen and oxygen atoms in total. The fourth-order valence-electron chi connectivity index (χ4n) is 0.444. The lowest BCUT2D eigenvalue weighted by molar-refractivity contribution is 1.04. The summed E-state index contributed by atoms with van der Waals surface area (Å²) in [6.07, 6.45) is 5.72. The first-order chi connectivity index (χ1) is 4.62. The van der Waals surface area contributed by atoms with Crippen molar-refractivity contribution in [2.75, 3.05) is 0 Å². The molecular weight excluding hydrogens is 258 g/mol. The Hall–Kier alpha value is 0.190. The third-order valence-electron chi connectivity index (χ3n) is 0.940. The molecule has 0 bridgehead atoms. The summed E-state index contributed by atoms with van der Waals surface area (Å²) in [5, 5.41) is 8.52. The van der Waals surface area contributed by atoms with Crippen molar-refractivity contribution < 1.29 is 0 Å². The highest BCUT2D eigenvalue weighted by atomic mass is 79.9. The number of hydrogen-bond donors (Lipinski definition) is 0. The Labute approximate surface area is 78.4 Å². The molecule has 0 N–H and O–H groups in total. The van der Waals surface area contributed by atoms with Gasteiger partial charge in [0.05, 0.1) is 6.07 Å². The highest BCUT2D eigenvalue weighted by Crippen LogP contribution is 2.29. The molecule has 0 aliphatic carbocycles. The van der Waals surface area contributed by atoms with E-state index in [1.165, 1.54) is 0 Å². The van der Waals surface area contributed by atoms with Crippen molar-refractivity contribution in [3.63, 3.8) is 0 Å². The maximum absolute atomic E-state index is 8.52. The van der Waals surface area contributed by atoms with Gasteiger partial charge >= 0.3 is 0 Å². The molecule has 3 heteroatoms. The van der Waals surface area contributed by atoms with Crippen LogP contribution in [0.15, 0.2) is 12.2 Å². The molecule has 0 spiro atoms. The van der Waals surface area contributed by atoms with Crippen LogP contribution in [0.5, 0.6) is 0 Å². The average Bonchev–Trinajstić information content (AvgIpc) is 1.89. The molecule has 0 amide bonds. The zero-order valence-electron chi connectivity index (χ0n) is 5.77.